The van der Waals surface area contributed by atoms with Gasteiger partial charge in [0.15, 0.2) is 0 Å². The molecular formula is C44H76. The van der Waals surface area contributed by atoms with E-state index in [2.05, 4.69) is 62.3 Å². The van der Waals surface area contributed by atoms with Gasteiger partial charge in [-0.05, 0) is 150 Å². The van der Waals surface area contributed by atoms with Gasteiger partial charge in [0, 0.05) is 0 Å². The second-order valence-electron chi connectivity index (χ2n) is 22.0. The molecule has 7 aliphatic rings. The monoisotopic (exact) mass is 605 g/mol. The largest absolute Gasteiger partial charge is 0.0599 e. The summed E-state index contributed by atoms with van der Waals surface area (Å²) in [7, 11) is 0. The standard InChI is InChI=1S/C44H76/c1-42(2,3)30-20-21-33-34(24-30)39(28-18-14-11-15-19-28)41-36-26-32(44(7,8)9)23-29-22-31(43(4,5)6)25-35(37(29)36)40(41)38(33)27-16-12-10-13-17-27/h27-41H,10-26H2,1-9H3. The van der Waals surface area contributed by atoms with Gasteiger partial charge in [0.2, 0.25) is 0 Å². The fraction of sp³-hybridized carbons (Fsp3) is 1.00. The molecule has 0 aromatic rings. The van der Waals surface area contributed by atoms with Crippen molar-refractivity contribution in [3.63, 3.8) is 0 Å². The Kier molecular flexibility index (Phi) is 8.77. The van der Waals surface area contributed by atoms with E-state index in [0.717, 1.165) is 88.8 Å². The first-order chi connectivity index (χ1) is 20.7. The van der Waals surface area contributed by atoms with E-state index < -0.39 is 0 Å². The van der Waals surface area contributed by atoms with Crippen molar-refractivity contribution in [3.8, 4) is 0 Å². The maximum atomic E-state index is 2.63. The lowest BCUT2D eigenvalue weighted by molar-refractivity contribution is -0.124. The highest BCUT2D eigenvalue weighted by atomic mass is 14.7. The summed E-state index contributed by atoms with van der Waals surface area (Å²) in [5.41, 5.74) is 1.42. The molecule has 0 nitrogen and oxygen atoms in total. The third-order valence-electron chi connectivity index (χ3n) is 17.1. The number of hydrogen-bond acceptors (Lipinski definition) is 0. The summed E-state index contributed by atoms with van der Waals surface area (Å²) >= 11 is 0. The summed E-state index contributed by atoms with van der Waals surface area (Å²) in [5.74, 6) is 15.6. The zero-order valence-electron chi connectivity index (χ0n) is 31.2. The molecule has 0 aliphatic heterocycles. The Bertz CT molecular complexity index is 969. The minimum absolute atomic E-state index is 0.468. The molecule has 13 unspecified atom stereocenters. The van der Waals surface area contributed by atoms with Crippen molar-refractivity contribution in [3.05, 3.63) is 0 Å². The van der Waals surface area contributed by atoms with Gasteiger partial charge in [-0.25, -0.2) is 0 Å². The second kappa shape index (κ2) is 11.9. The van der Waals surface area contributed by atoms with Crippen molar-refractivity contribution < 1.29 is 0 Å². The second-order valence-corrected chi connectivity index (χ2v) is 22.0. The van der Waals surface area contributed by atoms with Crippen molar-refractivity contribution in [1.29, 1.82) is 0 Å². The molecule has 0 heteroatoms. The number of hydrogen-bond donors (Lipinski definition) is 0. The minimum atomic E-state index is 0.468. The normalized spacial score (nSPS) is 47.5. The quantitative estimate of drug-likeness (QED) is 0.294. The van der Waals surface area contributed by atoms with Crippen LogP contribution in [0.4, 0.5) is 0 Å². The van der Waals surface area contributed by atoms with Crippen molar-refractivity contribution in [2.75, 3.05) is 0 Å². The van der Waals surface area contributed by atoms with Gasteiger partial charge in [0.25, 0.3) is 0 Å². The molecule has 0 bridgehead atoms. The van der Waals surface area contributed by atoms with Gasteiger partial charge in [0.1, 0.15) is 0 Å². The van der Waals surface area contributed by atoms with Gasteiger partial charge < -0.3 is 0 Å². The van der Waals surface area contributed by atoms with Gasteiger partial charge in [-0.2, -0.15) is 0 Å². The van der Waals surface area contributed by atoms with Crippen LogP contribution >= 0.6 is 0 Å². The topological polar surface area (TPSA) is 0 Å². The Morgan fingerprint density at radius 3 is 1.14 bits per heavy atom. The molecule has 13 atom stereocenters. The highest BCUT2D eigenvalue weighted by Gasteiger charge is 2.67. The fourth-order valence-electron chi connectivity index (χ4n) is 15.1. The first-order valence-corrected chi connectivity index (χ1v) is 20.7. The zero-order valence-corrected chi connectivity index (χ0v) is 31.2. The zero-order chi connectivity index (χ0) is 31.2. The van der Waals surface area contributed by atoms with Crippen LogP contribution in [-0.2, 0) is 0 Å². The van der Waals surface area contributed by atoms with Gasteiger partial charge in [0.05, 0.1) is 0 Å². The summed E-state index contributed by atoms with van der Waals surface area (Å²) in [6.45, 7) is 23.6. The number of fused-ring (bicyclic) bond motifs is 4. The summed E-state index contributed by atoms with van der Waals surface area (Å²) < 4.78 is 0. The Morgan fingerprint density at radius 1 is 0.295 bits per heavy atom. The van der Waals surface area contributed by atoms with Crippen LogP contribution in [0.5, 0.6) is 0 Å². The molecule has 0 aromatic heterocycles. The molecule has 7 rings (SSSR count). The van der Waals surface area contributed by atoms with Gasteiger partial charge >= 0.3 is 0 Å². The van der Waals surface area contributed by atoms with Gasteiger partial charge in [-0.15, -0.1) is 0 Å². The lowest BCUT2D eigenvalue weighted by Gasteiger charge is -2.61. The van der Waals surface area contributed by atoms with Crippen molar-refractivity contribution in [2.24, 2.45) is 105 Å². The molecule has 7 aliphatic carbocycles. The smallest absolute Gasteiger partial charge is 0.0315 e. The molecule has 0 heterocycles. The van der Waals surface area contributed by atoms with E-state index in [1.54, 1.807) is 96.3 Å². The molecule has 7 fully saturated rings. The average Bonchev–Trinajstić information content (AvgIpc) is 3.29. The Balaban J connectivity index is 1.37. The van der Waals surface area contributed by atoms with E-state index in [-0.39, 0.29) is 0 Å². The van der Waals surface area contributed by atoms with Crippen LogP contribution in [-0.4, -0.2) is 0 Å². The maximum Gasteiger partial charge on any atom is -0.0315 e. The van der Waals surface area contributed by atoms with Crippen LogP contribution < -0.4 is 0 Å². The lowest BCUT2D eigenvalue weighted by atomic mass is 9.44. The average molecular weight is 605 g/mol. The molecule has 252 valence electrons. The summed E-state index contributed by atoms with van der Waals surface area (Å²) in [4.78, 5) is 0. The van der Waals surface area contributed by atoms with E-state index in [4.69, 9.17) is 0 Å². The third-order valence-corrected chi connectivity index (χ3v) is 17.1. The van der Waals surface area contributed by atoms with Crippen LogP contribution in [0.25, 0.3) is 0 Å². The van der Waals surface area contributed by atoms with Crippen LogP contribution in [0.15, 0.2) is 0 Å². The lowest BCUT2D eigenvalue weighted by Crippen LogP contribution is -2.55. The minimum Gasteiger partial charge on any atom is -0.0599 e. The van der Waals surface area contributed by atoms with Crippen molar-refractivity contribution in [1.82, 2.24) is 0 Å². The molecule has 0 saturated heterocycles. The third kappa shape index (κ3) is 5.73. The first-order valence-electron chi connectivity index (χ1n) is 20.7. The summed E-state index contributed by atoms with van der Waals surface area (Å²) in [6, 6.07) is 0. The highest BCUT2D eigenvalue weighted by Crippen LogP contribution is 2.73. The first kappa shape index (κ1) is 32.5. The van der Waals surface area contributed by atoms with Crippen LogP contribution in [0.1, 0.15) is 171 Å². The van der Waals surface area contributed by atoms with E-state index in [0.29, 0.717) is 16.2 Å². The van der Waals surface area contributed by atoms with Crippen molar-refractivity contribution in [2.45, 2.75) is 171 Å². The molecule has 0 amide bonds. The fourth-order valence-corrected chi connectivity index (χ4v) is 15.1. The molecule has 0 spiro atoms. The molecule has 44 heavy (non-hydrogen) atoms. The Morgan fingerprint density at radius 2 is 0.705 bits per heavy atom. The van der Waals surface area contributed by atoms with E-state index in [1.807, 2.05) is 0 Å². The predicted octanol–water partition coefficient (Wildman–Crippen LogP) is 13.1. The van der Waals surface area contributed by atoms with E-state index in [1.165, 1.54) is 12.8 Å². The Labute approximate surface area is 275 Å². The van der Waals surface area contributed by atoms with Gasteiger partial charge in [-0.1, -0.05) is 127 Å². The van der Waals surface area contributed by atoms with Crippen LogP contribution in [0.3, 0.4) is 0 Å². The summed E-state index contributed by atoms with van der Waals surface area (Å²) in [5, 5.41) is 0. The molecule has 0 aromatic carbocycles. The predicted molar refractivity (Wildman–Crippen MR) is 189 cm³/mol. The van der Waals surface area contributed by atoms with E-state index >= 15 is 0 Å². The van der Waals surface area contributed by atoms with Gasteiger partial charge in [-0.3, -0.25) is 0 Å². The maximum absolute atomic E-state index is 2.63. The highest BCUT2D eigenvalue weighted by molar-refractivity contribution is 5.15. The molecule has 7 saturated carbocycles. The van der Waals surface area contributed by atoms with Crippen LogP contribution in [0.2, 0.25) is 0 Å². The molecular weight excluding hydrogens is 528 g/mol. The Hall–Kier alpha value is 0. The SMILES string of the molecule is CC(C)(C)C1CCC2C(C1)C(C1CCCCC1)C1C3CC(C(C)(C)C)CC4CC(C(C)(C)C)CC(C43)C1C2C1CCCCC1. The summed E-state index contributed by atoms with van der Waals surface area (Å²) in [6.07, 6.45) is 26.6. The molecule has 0 N–H and O–H groups in total. The van der Waals surface area contributed by atoms with Crippen LogP contribution in [0, 0.1) is 105 Å². The molecule has 0 radical (unpaired) electrons. The van der Waals surface area contributed by atoms with Crippen molar-refractivity contribution >= 4 is 0 Å². The number of rotatable bonds is 2. The van der Waals surface area contributed by atoms with E-state index in [9.17, 15) is 0 Å².